The lowest BCUT2D eigenvalue weighted by Gasteiger charge is -2.13. The third-order valence-electron chi connectivity index (χ3n) is 6.12. The first-order valence-electron chi connectivity index (χ1n) is 10.6. The number of hydrogen-bond donors (Lipinski definition) is 2. The van der Waals surface area contributed by atoms with Crippen molar-refractivity contribution in [2.75, 3.05) is 5.73 Å². The molecule has 158 valence electrons. The third kappa shape index (κ3) is 2.80. The zero-order chi connectivity index (χ0) is 21.8. The van der Waals surface area contributed by atoms with Crippen LogP contribution in [0.4, 0.5) is 5.82 Å². The zero-order valence-electron chi connectivity index (χ0n) is 17.6. The predicted octanol–water partition coefficient (Wildman–Crippen LogP) is 3.50. The largest absolute Gasteiger partial charge is 0.383 e. The Hall–Kier alpha value is -4.04. The molecule has 0 radical (unpaired) electrons. The summed E-state index contributed by atoms with van der Waals surface area (Å²) in [4.78, 5) is 14.2. The molecule has 4 aromatic heterocycles. The van der Waals surface area contributed by atoms with Gasteiger partial charge in [0.2, 0.25) is 0 Å². The van der Waals surface area contributed by atoms with Gasteiger partial charge in [0.05, 0.1) is 5.56 Å². The number of hydrogen-bond acceptors (Lipinski definition) is 6. The maximum absolute atomic E-state index is 6.27. The number of rotatable bonds is 3. The Morgan fingerprint density at radius 1 is 1.06 bits per heavy atom. The molecule has 0 unspecified atom stereocenters. The molecule has 1 aliphatic carbocycles. The lowest BCUT2D eigenvalue weighted by Crippen LogP contribution is -2.06. The van der Waals surface area contributed by atoms with Crippen molar-refractivity contribution in [2.24, 2.45) is 5.73 Å². The molecule has 0 bridgehead atoms. The van der Waals surface area contributed by atoms with Crippen LogP contribution < -0.4 is 11.5 Å². The van der Waals surface area contributed by atoms with E-state index in [1.54, 1.807) is 17.1 Å². The average Bonchev–Trinajstić information content (AvgIpc) is 3.53. The predicted molar refractivity (Wildman–Crippen MR) is 124 cm³/mol. The summed E-state index contributed by atoms with van der Waals surface area (Å²) < 4.78 is 3.82. The number of fused-ring (bicyclic) bond motifs is 2. The first kappa shape index (κ1) is 18.7. The van der Waals surface area contributed by atoms with E-state index in [0.29, 0.717) is 11.6 Å². The highest BCUT2D eigenvalue weighted by molar-refractivity contribution is 5.85. The van der Waals surface area contributed by atoms with Crippen LogP contribution in [0.2, 0.25) is 0 Å². The van der Waals surface area contributed by atoms with Crippen LogP contribution in [-0.2, 0) is 6.42 Å². The van der Waals surface area contributed by atoms with Gasteiger partial charge in [0.1, 0.15) is 11.3 Å². The van der Waals surface area contributed by atoms with E-state index in [1.165, 1.54) is 11.1 Å². The summed E-state index contributed by atoms with van der Waals surface area (Å²) in [5.74, 6) is 1.87. The van der Waals surface area contributed by atoms with Gasteiger partial charge in [-0.1, -0.05) is 6.07 Å². The van der Waals surface area contributed by atoms with Gasteiger partial charge < -0.3 is 11.5 Å². The molecule has 1 atom stereocenters. The van der Waals surface area contributed by atoms with Crippen molar-refractivity contribution in [1.29, 1.82) is 0 Å². The van der Waals surface area contributed by atoms with E-state index in [-0.39, 0.29) is 6.04 Å². The smallest absolute Gasteiger partial charge is 0.167 e. The second-order valence-corrected chi connectivity index (χ2v) is 8.16. The van der Waals surface area contributed by atoms with Crippen molar-refractivity contribution >= 4 is 17.0 Å². The Balaban J connectivity index is 1.67. The van der Waals surface area contributed by atoms with Crippen molar-refractivity contribution in [3.8, 4) is 22.9 Å². The van der Waals surface area contributed by atoms with Crippen molar-refractivity contribution in [3.63, 3.8) is 0 Å². The maximum atomic E-state index is 6.27. The molecule has 0 fully saturated rings. The van der Waals surface area contributed by atoms with E-state index >= 15 is 0 Å². The summed E-state index contributed by atoms with van der Waals surface area (Å²) >= 11 is 0. The molecule has 5 aromatic rings. The number of pyridine rings is 2. The second kappa shape index (κ2) is 7.00. The first-order chi connectivity index (χ1) is 15.6. The van der Waals surface area contributed by atoms with Gasteiger partial charge in [-0.25, -0.2) is 19.6 Å². The van der Waals surface area contributed by atoms with E-state index < -0.39 is 0 Å². The SMILES string of the molecule is Cc1cc(-n2cccn2)nc2c1nc(-c1cccnc1N)n2-c1ccc2c(c1)CC[C@@H]2N. The highest BCUT2D eigenvalue weighted by Gasteiger charge is 2.23. The summed E-state index contributed by atoms with van der Waals surface area (Å²) in [7, 11) is 0. The molecule has 32 heavy (non-hydrogen) atoms. The van der Waals surface area contributed by atoms with Gasteiger partial charge in [0, 0.05) is 30.3 Å². The summed E-state index contributed by atoms with van der Waals surface area (Å²) in [6.45, 7) is 2.03. The Labute approximate surface area is 184 Å². The molecule has 8 nitrogen and oxygen atoms in total. The third-order valence-corrected chi connectivity index (χ3v) is 6.12. The number of aryl methyl sites for hydroxylation is 2. The van der Waals surface area contributed by atoms with Crippen molar-refractivity contribution in [2.45, 2.75) is 25.8 Å². The van der Waals surface area contributed by atoms with Crippen LogP contribution in [0.25, 0.3) is 34.1 Å². The van der Waals surface area contributed by atoms with Gasteiger partial charge in [-0.15, -0.1) is 0 Å². The highest BCUT2D eigenvalue weighted by atomic mass is 15.3. The van der Waals surface area contributed by atoms with Gasteiger partial charge in [-0.05, 0) is 72.9 Å². The normalized spacial score (nSPS) is 15.4. The Morgan fingerprint density at radius 3 is 2.78 bits per heavy atom. The Morgan fingerprint density at radius 2 is 1.97 bits per heavy atom. The highest BCUT2D eigenvalue weighted by Crippen LogP contribution is 2.35. The number of aromatic nitrogens is 6. The molecule has 0 saturated carbocycles. The van der Waals surface area contributed by atoms with Crippen LogP contribution in [-0.4, -0.2) is 29.3 Å². The Bertz CT molecular complexity index is 1470. The number of nitrogen functional groups attached to an aromatic ring is 1. The molecule has 6 rings (SSSR count). The minimum Gasteiger partial charge on any atom is -0.383 e. The van der Waals surface area contributed by atoms with E-state index in [9.17, 15) is 0 Å². The summed E-state index contributed by atoms with van der Waals surface area (Å²) in [5.41, 5.74) is 19.3. The van der Waals surface area contributed by atoms with Crippen LogP contribution in [0.15, 0.2) is 61.1 Å². The summed E-state index contributed by atoms with van der Waals surface area (Å²) in [6, 6.07) is 14.2. The minimum atomic E-state index is 0.0961. The minimum absolute atomic E-state index is 0.0961. The topological polar surface area (TPSA) is 113 Å². The number of nitrogens with zero attached hydrogens (tertiary/aromatic N) is 6. The van der Waals surface area contributed by atoms with Crippen molar-refractivity contribution in [1.82, 2.24) is 29.3 Å². The first-order valence-corrected chi connectivity index (χ1v) is 10.6. The van der Waals surface area contributed by atoms with Crippen molar-refractivity contribution in [3.05, 3.63) is 77.7 Å². The van der Waals surface area contributed by atoms with Crippen LogP contribution >= 0.6 is 0 Å². The quantitative estimate of drug-likeness (QED) is 0.460. The molecule has 8 heteroatoms. The summed E-state index contributed by atoms with van der Waals surface area (Å²) in [6.07, 6.45) is 7.23. The molecule has 0 amide bonds. The van der Waals surface area contributed by atoms with E-state index in [1.807, 2.05) is 37.4 Å². The van der Waals surface area contributed by atoms with Crippen LogP contribution in [0.3, 0.4) is 0 Å². The molecular formula is C24H22N8. The maximum Gasteiger partial charge on any atom is 0.167 e. The fourth-order valence-corrected chi connectivity index (χ4v) is 4.51. The lowest BCUT2D eigenvalue weighted by atomic mass is 10.1. The average molecular weight is 422 g/mol. The van der Waals surface area contributed by atoms with Gasteiger partial charge in [-0.3, -0.25) is 4.57 Å². The fraction of sp³-hybridized carbons (Fsp3) is 0.167. The molecule has 0 aliphatic heterocycles. The molecule has 0 saturated heterocycles. The Kier molecular flexibility index (Phi) is 4.09. The van der Waals surface area contributed by atoms with Crippen LogP contribution in [0.5, 0.6) is 0 Å². The fourth-order valence-electron chi connectivity index (χ4n) is 4.51. The molecule has 1 aromatic carbocycles. The molecule has 0 spiro atoms. The number of anilines is 1. The monoisotopic (exact) mass is 422 g/mol. The van der Waals surface area contributed by atoms with E-state index in [2.05, 4.69) is 32.8 Å². The molecule has 4 N–H and O–H groups in total. The van der Waals surface area contributed by atoms with Crippen molar-refractivity contribution < 1.29 is 0 Å². The van der Waals surface area contributed by atoms with E-state index in [4.69, 9.17) is 21.4 Å². The van der Waals surface area contributed by atoms with Gasteiger partial charge in [-0.2, -0.15) is 5.10 Å². The number of imidazole rings is 1. The number of benzene rings is 1. The zero-order valence-corrected chi connectivity index (χ0v) is 17.6. The molecule has 1 aliphatic rings. The van der Waals surface area contributed by atoms with E-state index in [0.717, 1.165) is 46.6 Å². The van der Waals surface area contributed by atoms with Gasteiger partial charge >= 0.3 is 0 Å². The second-order valence-electron chi connectivity index (χ2n) is 8.16. The van der Waals surface area contributed by atoms with Gasteiger partial charge in [0.15, 0.2) is 17.3 Å². The molecular weight excluding hydrogens is 400 g/mol. The standard InChI is InChI=1S/C24H22N8/c1-14-12-20(31-11-3-10-28-31)29-24-21(14)30-23(18-4-2-9-27-22(18)26)32(24)16-6-7-17-15(13-16)5-8-19(17)25/h2-4,6-7,9-13,19H,5,8,25H2,1H3,(H2,26,27)/t19-/m0/s1. The number of nitrogens with two attached hydrogens (primary N) is 2. The van der Waals surface area contributed by atoms with Gasteiger partial charge in [0.25, 0.3) is 0 Å². The molecule has 4 heterocycles. The van der Waals surface area contributed by atoms with Crippen LogP contribution in [0, 0.1) is 6.92 Å². The lowest BCUT2D eigenvalue weighted by molar-refractivity contribution is 0.713. The summed E-state index contributed by atoms with van der Waals surface area (Å²) in [5, 5.41) is 4.35. The van der Waals surface area contributed by atoms with Crippen LogP contribution in [0.1, 0.15) is 29.2 Å².